The highest BCUT2D eigenvalue weighted by molar-refractivity contribution is 6.70. The highest BCUT2D eigenvalue weighted by Crippen LogP contribution is 2.78. The van der Waals surface area contributed by atoms with Gasteiger partial charge >= 0.3 is 0 Å². The first-order chi connectivity index (χ1) is 7.43. The van der Waals surface area contributed by atoms with Crippen molar-refractivity contribution in [2.45, 2.75) is 88.6 Å². The predicted molar refractivity (Wildman–Crippen MR) is 72.3 cm³/mol. The summed E-state index contributed by atoms with van der Waals surface area (Å²) in [6.07, 6.45) is 10.6. The molecule has 3 rings (SSSR count). The van der Waals surface area contributed by atoms with Gasteiger partial charge in [-0.2, -0.15) is 0 Å². The van der Waals surface area contributed by atoms with Crippen molar-refractivity contribution in [1.29, 1.82) is 0 Å². The van der Waals surface area contributed by atoms with Crippen LogP contribution >= 0.6 is 0 Å². The monoisotopic (exact) mass is 218 g/mol. The van der Waals surface area contributed by atoms with Crippen LogP contribution in [0.5, 0.6) is 0 Å². The molecule has 0 radical (unpaired) electrons. The molecule has 3 heterocycles. The summed E-state index contributed by atoms with van der Waals surface area (Å²) >= 11 is 0. The Bertz CT molecular complexity index is 311. The highest BCUT2D eigenvalue weighted by atomic mass is 14.5. The molecule has 0 spiro atoms. The molecule has 3 fully saturated rings. The van der Waals surface area contributed by atoms with Crippen LogP contribution < -0.4 is 0 Å². The molecule has 3 aliphatic rings. The van der Waals surface area contributed by atoms with Crippen molar-refractivity contribution < 1.29 is 0 Å². The molecule has 3 atom stereocenters. The van der Waals surface area contributed by atoms with E-state index in [9.17, 15) is 0 Å². The summed E-state index contributed by atoms with van der Waals surface area (Å²) in [5.74, 6) is 0.900. The van der Waals surface area contributed by atoms with E-state index in [-0.39, 0.29) is 0 Å². The summed E-state index contributed by atoms with van der Waals surface area (Å²) in [6.45, 7) is 11.3. The second-order valence-corrected chi connectivity index (χ2v) is 7.98. The van der Waals surface area contributed by atoms with Gasteiger partial charge in [0, 0.05) is 0 Å². The Morgan fingerprint density at radius 3 is 2.00 bits per heavy atom. The fourth-order valence-electron chi connectivity index (χ4n) is 6.29. The number of hydrogen-bond acceptors (Lipinski definition) is 0. The Kier molecular flexibility index (Phi) is 2.16. The van der Waals surface area contributed by atoms with Gasteiger partial charge < -0.3 is 0 Å². The molecular formula is C15H27B. The zero-order valence-corrected chi connectivity index (χ0v) is 11.6. The van der Waals surface area contributed by atoms with Crippen LogP contribution in [-0.2, 0) is 0 Å². The van der Waals surface area contributed by atoms with Crippen LogP contribution in [0.3, 0.4) is 0 Å². The molecule has 0 aromatic rings. The van der Waals surface area contributed by atoms with Gasteiger partial charge in [0.1, 0.15) is 0 Å². The normalized spacial score (nSPS) is 51.2. The fourth-order valence-corrected chi connectivity index (χ4v) is 6.29. The van der Waals surface area contributed by atoms with Crippen LogP contribution in [0.1, 0.15) is 72.6 Å². The number of hydrogen-bond donors (Lipinski definition) is 0. The molecule has 3 aliphatic heterocycles. The van der Waals surface area contributed by atoms with E-state index in [1.54, 1.807) is 0 Å². The number of rotatable bonds is 1. The summed E-state index contributed by atoms with van der Waals surface area (Å²) in [5.41, 5.74) is 0. The van der Waals surface area contributed by atoms with E-state index in [0.29, 0.717) is 10.6 Å². The summed E-state index contributed by atoms with van der Waals surface area (Å²) in [6, 6.07) is 0. The topological polar surface area (TPSA) is 0 Å². The zero-order valence-electron chi connectivity index (χ0n) is 11.6. The van der Waals surface area contributed by atoms with E-state index >= 15 is 0 Å². The van der Waals surface area contributed by atoms with E-state index in [2.05, 4.69) is 27.7 Å². The van der Waals surface area contributed by atoms with E-state index in [1.165, 1.54) is 44.9 Å². The molecule has 90 valence electrons. The molecule has 16 heavy (non-hydrogen) atoms. The van der Waals surface area contributed by atoms with Crippen molar-refractivity contribution in [3.8, 4) is 0 Å². The fraction of sp³-hybridized carbons (Fsp3) is 1.00. The predicted octanol–water partition coefficient (Wildman–Crippen LogP) is 5.17. The van der Waals surface area contributed by atoms with Crippen molar-refractivity contribution in [1.82, 2.24) is 0 Å². The van der Waals surface area contributed by atoms with E-state index in [1.807, 2.05) is 0 Å². The third-order valence-electron chi connectivity index (χ3n) is 6.94. The molecule has 0 saturated carbocycles. The Balaban J connectivity index is 2.08. The molecule has 0 amide bonds. The maximum absolute atomic E-state index is 2.62. The van der Waals surface area contributed by atoms with Gasteiger partial charge in [0.15, 0.2) is 6.71 Å². The minimum Gasteiger partial charge on any atom is -0.0662 e. The van der Waals surface area contributed by atoms with Crippen LogP contribution in [0.4, 0.5) is 0 Å². The Morgan fingerprint density at radius 1 is 0.812 bits per heavy atom. The molecule has 3 unspecified atom stereocenters. The molecule has 1 heteroatoms. The van der Waals surface area contributed by atoms with Gasteiger partial charge in [-0.1, -0.05) is 83.3 Å². The molecule has 0 bridgehead atoms. The van der Waals surface area contributed by atoms with Gasteiger partial charge in [-0.15, -0.1) is 0 Å². The van der Waals surface area contributed by atoms with Crippen LogP contribution in [0.15, 0.2) is 0 Å². The minimum absolute atomic E-state index is 0.702. The van der Waals surface area contributed by atoms with E-state index in [4.69, 9.17) is 0 Å². The maximum atomic E-state index is 2.62. The molecule has 0 aliphatic carbocycles. The third-order valence-corrected chi connectivity index (χ3v) is 6.94. The first-order valence-corrected chi connectivity index (χ1v) is 7.43. The SMILES string of the molecule is CC(C)C12CCCC3(C)CCC(C)(CC1)B32. The molecule has 0 aromatic heterocycles. The summed E-state index contributed by atoms with van der Waals surface area (Å²) < 4.78 is 0. The lowest BCUT2D eigenvalue weighted by molar-refractivity contribution is 0.296. The van der Waals surface area contributed by atoms with Crippen LogP contribution in [0.2, 0.25) is 15.9 Å². The zero-order chi connectivity index (χ0) is 11.6. The van der Waals surface area contributed by atoms with Gasteiger partial charge in [0.2, 0.25) is 0 Å². The summed E-state index contributed by atoms with van der Waals surface area (Å²) in [7, 11) is 0. The van der Waals surface area contributed by atoms with Crippen LogP contribution in [0.25, 0.3) is 0 Å². The van der Waals surface area contributed by atoms with Crippen molar-refractivity contribution in [3.05, 3.63) is 0 Å². The Labute approximate surface area is 102 Å². The average Bonchev–Trinajstić information content (AvgIpc) is 2.67. The quantitative estimate of drug-likeness (QED) is 0.532. The maximum Gasteiger partial charge on any atom is 0.159 e. The first kappa shape index (κ1) is 11.2. The minimum atomic E-state index is 0.702. The molecule has 0 aromatic carbocycles. The van der Waals surface area contributed by atoms with E-state index < -0.39 is 0 Å². The Morgan fingerprint density at radius 2 is 1.38 bits per heavy atom. The summed E-state index contributed by atoms with van der Waals surface area (Å²) in [5, 5.41) is 2.13. The van der Waals surface area contributed by atoms with Gasteiger partial charge in [0.05, 0.1) is 0 Å². The standard InChI is InChI=1S/C15H27B/c1-12(2)15-7-5-6-13(3)8-9-14(4,10-11-15)16(13)15/h12H,5-11H2,1-4H3. The van der Waals surface area contributed by atoms with Crippen molar-refractivity contribution in [2.75, 3.05) is 0 Å². The van der Waals surface area contributed by atoms with Gasteiger partial charge in [-0.05, 0) is 11.2 Å². The van der Waals surface area contributed by atoms with Gasteiger partial charge in [-0.25, -0.2) is 0 Å². The van der Waals surface area contributed by atoms with Gasteiger partial charge in [-0.3, -0.25) is 0 Å². The second kappa shape index (κ2) is 3.09. The van der Waals surface area contributed by atoms with Crippen molar-refractivity contribution in [2.24, 2.45) is 5.92 Å². The van der Waals surface area contributed by atoms with Crippen molar-refractivity contribution in [3.63, 3.8) is 0 Å². The Hall–Kier alpha value is 0.0649. The molecule has 0 nitrogen and oxygen atoms in total. The smallest absolute Gasteiger partial charge is 0.0662 e. The second-order valence-electron chi connectivity index (χ2n) is 7.98. The van der Waals surface area contributed by atoms with Crippen LogP contribution in [0, 0.1) is 5.92 Å². The largest absolute Gasteiger partial charge is 0.159 e. The third kappa shape index (κ3) is 1.13. The van der Waals surface area contributed by atoms with Crippen molar-refractivity contribution >= 4 is 6.71 Å². The molecule has 3 saturated heterocycles. The average molecular weight is 218 g/mol. The van der Waals surface area contributed by atoms with Gasteiger partial charge in [0.25, 0.3) is 0 Å². The molecular weight excluding hydrogens is 191 g/mol. The van der Waals surface area contributed by atoms with E-state index in [0.717, 1.165) is 17.9 Å². The van der Waals surface area contributed by atoms with Crippen LogP contribution in [-0.4, -0.2) is 6.71 Å². The summed E-state index contributed by atoms with van der Waals surface area (Å²) in [4.78, 5) is 0. The first-order valence-electron chi connectivity index (χ1n) is 7.43. The molecule has 0 N–H and O–H groups in total. The lowest BCUT2D eigenvalue weighted by Gasteiger charge is -2.51. The lowest BCUT2D eigenvalue weighted by Crippen LogP contribution is -2.45. The lowest BCUT2D eigenvalue weighted by atomic mass is 9.15. The highest BCUT2D eigenvalue weighted by Gasteiger charge is 2.68.